The Kier molecular flexibility index (Phi) is 27.8. The third-order valence-electron chi connectivity index (χ3n) is 2.01. The maximum absolute atomic E-state index is 8.55. The van der Waals surface area contributed by atoms with Gasteiger partial charge in [0.1, 0.15) is 5.75 Å². The summed E-state index contributed by atoms with van der Waals surface area (Å²) < 4.78 is 22.5. The first-order chi connectivity index (χ1) is 11.4. The summed E-state index contributed by atoms with van der Waals surface area (Å²) in [6.45, 7) is 0. The Bertz CT molecular complexity index is 685. The molecule has 2 aromatic carbocycles. The van der Waals surface area contributed by atoms with Crippen molar-refractivity contribution in [2.45, 2.75) is 0 Å². The van der Waals surface area contributed by atoms with Gasteiger partial charge in [0, 0.05) is 0 Å². The van der Waals surface area contributed by atoms with Crippen LogP contribution in [-0.2, 0) is 9.13 Å². The predicted octanol–water partition coefficient (Wildman–Crippen LogP) is -3.06. The predicted molar refractivity (Wildman–Crippen MR) is 95.0 cm³/mol. The van der Waals surface area contributed by atoms with E-state index >= 15 is 0 Å². The minimum Gasteiger partial charge on any atom is -0.822 e. The summed E-state index contributed by atoms with van der Waals surface area (Å²) in [5.74, 6) is 0.852. The maximum Gasteiger partial charge on any atom is 2.00 e. The molecule has 0 spiro atoms. The SMILES string of the molecule is C(=Cc1ccccc1)Oc1ccccc1.O=P([O-])([O-])[O-].O=P([O-])([O-])[O-].[Ca+2].[Ca+2].[Ca+2]. The van der Waals surface area contributed by atoms with Crippen molar-refractivity contribution < 1.29 is 43.2 Å². The molecule has 0 aliphatic carbocycles. The molecule has 28 heavy (non-hydrogen) atoms. The zero-order chi connectivity index (χ0) is 19.3. The zero-order valence-electron chi connectivity index (χ0n) is 14.6. The number of hydrogen-bond acceptors (Lipinski definition) is 9. The molecular formula is C14H12Ca3O9P2. The van der Waals surface area contributed by atoms with Crippen LogP contribution < -0.4 is 34.1 Å². The van der Waals surface area contributed by atoms with Gasteiger partial charge < -0.3 is 43.2 Å². The zero-order valence-corrected chi connectivity index (χ0v) is 23.0. The van der Waals surface area contributed by atoms with Crippen LogP contribution in [0.5, 0.6) is 5.75 Å². The van der Waals surface area contributed by atoms with Crippen molar-refractivity contribution in [3.63, 3.8) is 0 Å². The molecule has 0 bridgehead atoms. The molecule has 9 nitrogen and oxygen atoms in total. The van der Waals surface area contributed by atoms with Gasteiger partial charge in [-0.2, -0.15) is 15.6 Å². The normalized spacial score (nSPS) is 9.79. The van der Waals surface area contributed by atoms with Crippen LogP contribution in [0.15, 0.2) is 66.9 Å². The number of phosphoric acid groups is 2. The van der Waals surface area contributed by atoms with Crippen LogP contribution in [0.1, 0.15) is 5.56 Å². The van der Waals surface area contributed by atoms with E-state index in [0.717, 1.165) is 11.3 Å². The quantitative estimate of drug-likeness (QED) is 0.237. The van der Waals surface area contributed by atoms with E-state index in [-0.39, 0.29) is 113 Å². The van der Waals surface area contributed by atoms with Gasteiger partial charge in [0.2, 0.25) is 0 Å². The Morgan fingerprint density at radius 1 is 0.643 bits per heavy atom. The van der Waals surface area contributed by atoms with E-state index in [1.165, 1.54) is 0 Å². The van der Waals surface area contributed by atoms with Crippen LogP contribution in [0.2, 0.25) is 0 Å². The van der Waals surface area contributed by atoms with Crippen LogP contribution in [0.4, 0.5) is 0 Å². The van der Waals surface area contributed by atoms with Crippen molar-refractivity contribution in [1.29, 1.82) is 0 Å². The van der Waals surface area contributed by atoms with Gasteiger partial charge >= 0.3 is 113 Å². The Hall–Kier alpha value is 1.98. The van der Waals surface area contributed by atoms with E-state index in [9.17, 15) is 0 Å². The fourth-order valence-corrected chi connectivity index (χ4v) is 1.25. The maximum atomic E-state index is 8.55. The molecule has 0 N–H and O–H groups in total. The molecule has 0 unspecified atom stereocenters. The first-order valence-corrected chi connectivity index (χ1v) is 9.26. The van der Waals surface area contributed by atoms with Crippen LogP contribution in [0, 0.1) is 0 Å². The van der Waals surface area contributed by atoms with Gasteiger partial charge in [0.25, 0.3) is 0 Å². The van der Waals surface area contributed by atoms with E-state index in [0.29, 0.717) is 0 Å². The molecule has 0 radical (unpaired) electrons. The van der Waals surface area contributed by atoms with E-state index in [2.05, 4.69) is 0 Å². The average Bonchev–Trinajstić information content (AvgIpc) is 2.46. The average molecular weight is 506 g/mol. The molecule has 0 heterocycles. The first kappa shape index (κ1) is 37.3. The molecule has 2 aromatic rings. The number of benzene rings is 2. The molecule has 2 rings (SSSR count). The Morgan fingerprint density at radius 2 is 0.964 bits per heavy atom. The fourth-order valence-electron chi connectivity index (χ4n) is 1.25. The third kappa shape index (κ3) is 35.4. The van der Waals surface area contributed by atoms with Crippen molar-refractivity contribution in [1.82, 2.24) is 0 Å². The first-order valence-electron chi connectivity index (χ1n) is 6.34. The monoisotopic (exact) mass is 506 g/mol. The van der Waals surface area contributed by atoms with E-state index in [1.54, 1.807) is 6.26 Å². The van der Waals surface area contributed by atoms with Crippen LogP contribution >= 0.6 is 15.6 Å². The van der Waals surface area contributed by atoms with Gasteiger partial charge in [0.05, 0.1) is 6.26 Å². The summed E-state index contributed by atoms with van der Waals surface area (Å²) in [6, 6.07) is 19.8. The Labute approximate surface area is 252 Å². The summed E-state index contributed by atoms with van der Waals surface area (Å²) in [4.78, 5) is 51.3. The molecule has 0 fully saturated rings. The van der Waals surface area contributed by atoms with Gasteiger partial charge in [-0.25, -0.2) is 0 Å². The van der Waals surface area contributed by atoms with Crippen molar-refractivity contribution in [3.05, 3.63) is 72.5 Å². The van der Waals surface area contributed by atoms with Crippen LogP contribution in [0.25, 0.3) is 6.08 Å². The molecule has 138 valence electrons. The second kappa shape index (κ2) is 20.9. The van der Waals surface area contributed by atoms with Gasteiger partial charge in [-0.15, -0.1) is 0 Å². The second-order valence-electron chi connectivity index (χ2n) is 4.04. The smallest absolute Gasteiger partial charge is 0.822 e. The number of ether oxygens (including phenoxy) is 1. The van der Waals surface area contributed by atoms with E-state index in [1.807, 2.05) is 66.7 Å². The summed E-state index contributed by atoms with van der Waals surface area (Å²) >= 11 is 0. The minimum atomic E-state index is -5.39. The standard InChI is InChI=1S/C14H12O.3Ca.2H3O4P/c1-3-7-13(8-4-1)11-12-15-14-9-5-2-6-10-14;;;;2*1-5(2,3)4/h1-12H;;;;2*(H3,1,2,3,4)/q;3*+2;;/p-6. The Balaban J connectivity index is -0.000000189. The number of rotatable bonds is 3. The summed E-state index contributed by atoms with van der Waals surface area (Å²) in [5.41, 5.74) is 1.13. The molecular weight excluding hydrogens is 494 g/mol. The van der Waals surface area contributed by atoms with Crippen molar-refractivity contribution in [3.8, 4) is 5.75 Å². The van der Waals surface area contributed by atoms with Crippen molar-refractivity contribution in [2.75, 3.05) is 0 Å². The van der Waals surface area contributed by atoms with Crippen molar-refractivity contribution >= 4 is 135 Å². The molecule has 0 saturated heterocycles. The molecule has 0 atom stereocenters. The molecule has 0 aromatic heterocycles. The molecule has 0 saturated carbocycles. The fraction of sp³-hybridized carbons (Fsp3) is 0. The summed E-state index contributed by atoms with van der Waals surface area (Å²) in [7, 11) is -10.8. The number of para-hydroxylation sites is 1. The third-order valence-corrected chi connectivity index (χ3v) is 2.01. The van der Waals surface area contributed by atoms with Gasteiger partial charge in [-0.05, 0) is 23.8 Å². The largest absolute Gasteiger partial charge is 2.00 e. The van der Waals surface area contributed by atoms with Crippen LogP contribution in [0.3, 0.4) is 0 Å². The second-order valence-corrected chi connectivity index (χ2v) is 5.83. The molecule has 0 aliphatic heterocycles. The van der Waals surface area contributed by atoms with Gasteiger partial charge in [-0.3, -0.25) is 0 Å². The van der Waals surface area contributed by atoms with Crippen molar-refractivity contribution in [2.24, 2.45) is 0 Å². The van der Waals surface area contributed by atoms with E-state index < -0.39 is 15.6 Å². The molecule has 14 heteroatoms. The Morgan fingerprint density at radius 3 is 1.32 bits per heavy atom. The van der Waals surface area contributed by atoms with E-state index in [4.69, 9.17) is 43.2 Å². The van der Waals surface area contributed by atoms with Gasteiger partial charge in [-0.1, -0.05) is 48.5 Å². The topological polar surface area (TPSA) is 182 Å². The molecule has 0 aliphatic rings. The van der Waals surface area contributed by atoms with Gasteiger partial charge in [0.15, 0.2) is 0 Å². The molecule has 0 amide bonds. The number of hydrogen-bond donors (Lipinski definition) is 0. The van der Waals surface area contributed by atoms with Crippen LogP contribution in [-0.4, -0.2) is 113 Å². The summed E-state index contributed by atoms with van der Waals surface area (Å²) in [5, 5.41) is 0. The summed E-state index contributed by atoms with van der Waals surface area (Å²) in [6.07, 6.45) is 3.64. The minimum absolute atomic E-state index is 0.